The molecule has 1 heterocycles. The van der Waals surface area contributed by atoms with E-state index in [1.165, 1.54) is 6.42 Å². The van der Waals surface area contributed by atoms with Crippen LogP contribution in [0.2, 0.25) is 0 Å². The zero-order valence-electron chi connectivity index (χ0n) is 6.38. The summed E-state index contributed by atoms with van der Waals surface area (Å²) >= 11 is 0. The number of hydrogen-bond acceptors (Lipinski definition) is 2. The largest absolute Gasteiger partial charge is 0.351 e. The molecule has 1 aliphatic rings. The number of hydrogen-bond donors (Lipinski definition) is 0. The van der Waals surface area contributed by atoms with E-state index in [4.69, 9.17) is 9.57 Å². The third kappa shape index (κ3) is 2.64. The highest BCUT2D eigenvalue weighted by molar-refractivity contribution is 4.52. The second-order valence-electron chi connectivity index (χ2n) is 2.35. The molecule has 1 radical (unpaired) electrons. The van der Waals surface area contributed by atoms with Gasteiger partial charge in [-0.1, -0.05) is 5.48 Å². The van der Waals surface area contributed by atoms with Crippen molar-refractivity contribution in [3.05, 3.63) is 0 Å². The number of ether oxygens (including phenoxy) is 1. The van der Waals surface area contributed by atoms with Gasteiger partial charge in [0.15, 0.2) is 6.29 Å². The molecule has 0 spiro atoms. The summed E-state index contributed by atoms with van der Waals surface area (Å²) in [5.41, 5.74) is 3.77. The molecule has 3 heteroatoms. The Bertz CT molecular complexity index is 81.7. The molecular weight excluding hydrogens is 130 g/mol. The molecule has 1 unspecified atom stereocenters. The minimum Gasteiger partial charge on any atom is -0.351 e. The van der Waals surface area contributed by atoms with Crippen molar-refractivity contribution in [1.29, 1.82) is 0 Å². The Morgan fingerprint density at radius 1 is 1.60 bits per heavy atom. The van der Waals surface area contributed by atoms with E-state index in [-0.39, 0.29) is 6.29 Å². The first kappa shape index (κ1) is 7.98. The van der Waals surface area contributed by atoms with E-state index in [9.17, 15) is 0 Å². The molecule has 3 nitrogen and oxygen atoms in total. The predicted molar refractivity (Wildman–Crippen MR) is 37.4 cm³/mol. The lowest BCUT2D eigenvalue weighted by Crippen LogP contribution is -2.25. The van der Waals surface area contributed by atoms with Crippen molar-refractivity contribution in [3.8, 4) is 0 Å². The zero-order valence-corrected chi connectivity index (χ0v) is 6.38. The van der Waals surface area contributed by atoms with Crippen molar-refractivity contribution < 1.29 is 9.57 Å². The summed E-state index contributed by atoms with van der Waals surface area (Å²) in [5.74, 6) is 0. The molecule has 0 saturated carbocycles. The van der Waals surface area contributed by atoms with Gasteiger partial charge in [0.25, 0.3) is 0 Å². The van der Waals surface area contributed by atoms with E-state index in [0.29, 0.717) is 6.54 Å². The third-order valence-corrected chi connectivity index (χ3v) is 1.46. The van der Waals surface area contributed by atoms with Gasteiger partial charge in [-0.2, -0.15) is 0 Å². The van der Waals surface area contributed by atoms with E-state index in [1.54, 1.807) is 0 Å². The summed E-state index contributed by atoms with van der Waals surface area (Å²) in [6.07, 6.45) is 3.29. The highest BCUT2D eigenvalue weighted by Crippen LogP contribution is 2.12. The van der Waals surface area contributed by atoms with Gasteiger partial charge < -0.3 is 4.74 Å². The van der Waals surface area contributed by atoms with Crippen LogP contribution in [0.1, 0.15) is 26.2 Å². The maximum absolute atomic E-state index is 5.26. The number of nitrogens with zero attached hydrogens (tertiary/aromatic N) is 1. The molecule has 1 aliphatic heterocycles. The Morgan fingerprint density at radius 3 is 3.10 bits per heavy atom. The number of rotatable bonds is 3. The van der Waals surface area contributed by atoms with Gasteiger partial charge in [0, 0.05) is 19.6 Å². The second kappa shape index (κ2) is 4.66. The first-order valence-corrected chi connectivity index (χ1v) is 3.87. The topological polar surface area (TPSA) is 32.6 Å². The van der Waals surface area contributed by atoms with E-state index in [1.807, 2.05) is 6.92 Å². The van der Waals surface area contributed by atoms with Gasteiger partial charge in [0.05, 0.1) is 0 Å². The maximum atomic E-state index is 5.26. The van der Waals surface area contributed by atoms with E-state index < -0.39 is 0 Å². The Labute approximate surface area is 61.7 Å². The average molecular weight is 144 g/mol. The van der Waals surface area contributed by atoms with E-state index in [2.05, 4.69) is 5.48 Å². The lowest BCUT2D eigenvalue weighted by Gasteiger charge is -2.20. The lowest BCUT2D eigenvalue weighted by molar-refractivity contribution is -0.198. The Balaban J connectivity index is 2.02. The van der Waals surface area contributed by atoms with Gasteiger partial charge in [-0.25, -0.2) is 0 Å². The molecule has 0 aromatic carbocycles. The number of hydroxylamine groups is 1. The van der Waals surface area contributed by atoms with Crippen molar-refractivity contribution in [2.24, 2.45) is 0 Å². The minimum absolute atomic E-state index is 0.0614. The molecule has 0 aromatic heterocycles. The van der Waals surface area contributed by atoms with Crippen LogP contribution < -0.4 is 5.48 Å². The van der Waals surface area contributed by atoms with Crippen molar-refractivity contribution in [2.75, 3.05) is 13.2 Å². The molecule has 1 saturated heterocycles. The van der Waals surface area contributed by atoms with Crippen molar-refractivity contribution in [3.63, 3.8) is 0 Å². The van der Waals surface area contributed by atoms with Gasteiger partial charge in [0.1, 0.15) is 0 Å². The summed E-state index contributed by atoms with van der Waals surface area (Å²) in [4.78, 5) is 5.03. The fourth-order valence-corrected chi connectivity index (χ4v) is 0.952. The Kier molecular flexibility index (Phi) is 3.72. The SMILES string of the molecule is CC[N]OC1CCCCO1. The molecule has 0 bridgehead atoms. The second-order valence-corrected chi connectivity index (χ2v) is 2.35. The van der Waals surface area contributed by atoms with Crippen LogP contribution in [0.5, 0.6) is 0 Å². The average Bonchev–Trinajstić information content (AvgIpc) is 2.03. The quantitative estimate of drug-likeness (QED) is 0.555. The van der Waals surface area contributed by atoms with Crippen molar-refractivity contribution in [2.45, 2.75) is 32.5 Å². The first-order valence-electron chi connectivity index (χ1n) is 3.87. The molecule has 59 valence electrons. The monoisotopic (exact) mass is 144 g/mol. The Morgan fingerprint density at radius 2 is 2.50 bits per heavy atom. The van der Waals surface area contributed by atoms with Gasteiger partial charge >= 0.3 is 0 Å². The van der Waals surface area contributed by atoms with Crippen LogP contribution in [0, 0.1) is 0 Å². The van der Waals surface area contributed by atoms with Crippen LogP contribution in [0.15, 0.2) is 0 Å². The Hall–Kier alpha value is -0.120. The van der Waals surface area contributed by atoms with Crippen molar-refractivity contribution >= 4 is 0 Å². The predicted octanol–water partition coefficient (Wildman–Crippen LogP) is 1.07. The van der Waals surface area contributed by atoms with Gasteiger partial charge in [-0.15, -0.1) is 0 Å². The van der Waals surface area contributed by atoms with Gasteiger partial charge in [0.2, 0.25) is 0 Å². The molecule has 0 N–H and O–H groups in total. The fourth-order valence-electron chi connectivity index (χ4n) is 0.952. The summed E-state index contributed by atoms with van der Waals surface area (Å²) in [6.45, 7) is 3.48. The van der Waals surface area contributed by atoms with Gasteiger partial charge in [-0.05, 0) is 19.8 Å². The van der Waals surface area contributed by atoms with Crippen molar-refractivity contribution in [1.82, 2.24) is 5.48 Å². The molecule has 0 aliphatic carbocycles. The standard InChI is InChI=1S/C7H14NO2/c1-2-8-10-7-5-3-4-6-9-7/h7H,2-6H2,1H3. The normalized spacial score (nSPS) is 26.7. The molecule has 0 aromatic rings. The minimum atomic E-state index is -0.0614. The molecule has 1 fully saturated rings. The zero-order chi connectivity index (χ0) is 7.23. The van der Waals surface area contributed by atoms with Crippen LogP contribution in [-0.4, -0.2) is 19.4 Å². The molecular formula is C7H14NO2. The van der Waals surface area contributed by atoms with Crippen LogP contribution in [0.4, 0.5) is 0 Å². The first-order chi connectivity index (χ1) is 4.93. The van der Waals surface area contributed by atoms with Crippen LogP contribution in [0.25, 0.3) is 0 Å². The summed E-state index contributed by atoms with van der Waals surface area (Å²) < 4.78 is 5.26. The molecule has 0 amide bonds. The fraction of sp³-hybridized carbons (Fsp3) is 1.00. The molecule has 10 heavy (non-hydrogen) atoms. The van der Waals surface area contributed by atoms with Crippen LogP contribution >= 0.6 is 0 Å². The molecule has 1 atom stereocenters. The third-order valence-electron chi connectivity index (χ3n) is 1.46. The highest BCUT2D eigenvalue weighted by atomic mass is 16.8. The summed E-state index contributed by atoms with van der Waals surface area (Å²) in [5, 5.41) is 0. The van der Waals surface area contributed by atoms with E-state index in [0.717, 1.165) is 19.4 Å². The highest BCUT2D eigenvalue weighted by Gasteiger charge is 2.13. The molecule has 1 rings (SSSR count). The maximum Gasteiger partial charge on any atom is 0.179 e. The smallest absolute Gasteiger partial charge is 0.179 e. The van der Waals surface area contributed by atoms with Crippen LogP contribution in [0.3, 0.4) is 0 Å². The van der Waals surface area contributed by atoms with Crippen LogP contribution in [-0.2, 0) is 9.57 Å². The summed E-state index contributed by atoms with van der Waals surface area (Å²) in [6, 6.07) is 0. The van der Waals surface area contributed by atoms with E-state index >= 15 is 0 Å². The van der Waals surface area contributed by atoms with Gasteiger partial charge in [-0.3, -0.25) is 4.84 Å². The lowest BCUT2D eigenvalue weighted by atomic mass is 10.2. The summed E-state index contributed by atoms with van der Waals surface area (Å²) in [7, 11) is 0.